The van der Waals surface area contributed by atoms with E-state index in [1.807, 2.05) is 17.8 Å². The van der Waals surface area contributed by atoms with Gasteiger partial charge in [0.2, 0.25) is 0 Å². The number of allylic oxidation sites excluding steroid dienone is 1. The highest BCUT2D eigenvalue weighted by Crippen LogP contribution is 2.22. The van der Waals surface area contributed by atoms with Crippen LogP contribution in [-0.2, 0) is 10.3 Å². The van der Waals surface area contributed by atoms with Crippen molar-refractivity contribution in [3.8, 4) is 0 Å². The van der Waals surface area contributed by atoms with E-state index in [-0.39, 0.29) is 5.54 Å². The monoisotopic (exact) mass is 312 g/mol. The van der Waals surface area contributed by atoms with Crippen LogP contribution in [0.15, 0.2) is 12.8 Å². The molecule has 6 nitrogen and oxygen atoms in total. The first-order valence-electron chi connectivity index (χ1n) is 6.89. The van der Waals surface area contributed by atoms with Crippen LogP contribution in [-0.4, -0.2) is 43.6 Å². The number of nitrogens with zero attached hydrogens (tertiary/aromatic N) is 3. The van der Waals surface area contributed by atoms with Crippen LogP contribution in [0.25, 0.3) is 5.57 Å². The van der Waals surface area contributed by atoms with Crippen LogP contribution in [0.5, 0.6) is 0 Å². The number of carboxylic acids is 1. The molecule has 1 aromatic heterocycles. The van der Waals surface area contributed by atoms with Crippen molar-refractivity contribution in [2.75, 3.05) is 11.5 Å². The first-order chi connectivity index (χ1) is 9.74. The molecule has 1 rings (SSSR count). The Bertz CT molecular complexity index is 499. The zero-order valence-electron chi connectivity index (χ0n) is 12.9. The molecule has 3 N–H and O–H groups in total. The summed E-state index contributed by atoms with van der Waals surface area (Å²) in [4.78, 5) is 10.6. The molecule has 0 amide bonds. The molecule has 118 valence electrons. The van der Waals surface area contributed by atoms with Crippen molar-refractivity contribution >= 4 is 23.3 Å². The number of aromatic nitrogens is 3. The molecule has 0 aliphatic heterocycles. The third kappa shape index (κ3) is 5.51. The van der Waals surface area contributed by atoms with Crippen LogP contribution in [0.1, 0.15) is 39.3 Å². The van der Waals surface area contributed by atoms with Gasteiger partial charge in [-0.25, -0.2) is 4.68 Å². The first kappa shape index (κ1) is 17.7. The first-order valence-corrected chi connectivity index (χ1v) is 8.04. The number of aliphatic carboxylic acids is 1. The van der Waals surface area contributed by atoms with Crippen molar-refractivity contribution in [1.82, 2.24) is 15.0 Å². The van der Waals surface area contributed by atoms with Crippen molar-refractivity contribution in [2.24, 2.45) is 5.73 Å². The van der Waals surface area contributed by atoms with E-state index in [1.54, 1.807) is 11.8 Å². The zero-order chi connectivity index (χ0) is 16.0. The maximum absolute atomic E-state index is 10.6. The average molecular weight is 312 g/mol. The molecule has 1 atom stereocenters. The summed E-state index contributed by atoms with van der Waals surface area (Å²) in [6.45, 7) is 9.97. The number of thioether (sulfide) groups is 1. The van der Waals surface area contributed by atoms with Crippen molar-refractivity contribution in [3.63, 3.8) is 0 Å². The van der Waals surface area contributed by atoms with Gasteiger partial charge < -0.3 is 10.8 Å². The molecule has 1 aromatic rings. The molecule has 0 saturated heterocycles. The summed E-state index contributed by atoms with van der Waals surface area (Å²) in [5, 5.41) is 17.0. The Hall–Kier alpha value is -1.34. The topological polar surface area (TPSA) is 94.0 Å². The standard InChI is InChI=1S/C14H24N4O2S/c1-10(2)12-9-18(17-16-12)14(3,4)6-8-21-7-5-11(15)13(19)20/h9,11H,1,5-8,15H2,2-4H3,(H,19,20). The van der Waals surface area contributed by atoms with Gasteiger partial charge in [-0.05, 0) is 50.7 Å². The number of carbonyl (C=O) groups is 1. The molecule has 0 aliphatic rings. The Kier molecular flexibility index (Phi) is 6.42. The van der Waals surface area contributed by atoms with Crippen LogP contribution in [0, 0.1) is 0 Å². The summed E-state index contributed by atoms with van der Waals surface area (Å²) in [5.41, 5.74) is 7.03. The van der Waals surface area contributed by atoms with Crippen LogP contribution < -0.4 is 5.73 Å². The second-order valence-corrected chi connectivity index (χ2v) is 6.96. The Labute approximate surface area is 129 Å². The molecule has 0 radical (unpaired) electrons. The number of carboxylic acid groups (broad SMARTS) is 1. The van der Waals surface area contributed by atoms with E-state index >= 15 is 0 Å². The number of nitrogens with two attached hydrogens (primary N) is 1. The van der Waals surface area contributed by atoms with Crippen LogP contribution >= 0.6 is 11.8 Å². The summed E-state index contributed by atoms with van der Waals surface area (Å²) in [7, 11) is 0. The van der Waals surface area contributed by atoms with E-state index in [1.165, 1.54) is 0 Å². The lowest BCUT2D eigenvalue weighted by Gasteiger charge is -2.24. The predicted octanol–water partition coefficient (Wildman–Crippen LogP) is 1.97. The van der Waals surface area contributed by atoms with Gasteiger partial charge in [0.05, 0.1) is 11.7 Å². The molecule has 7 heteroatoms. The van der Waals surface area contributed by atoms with E-state index in [0.29, 0.717) is 6.42 Å². The minimum absolute atomic E-state index is 0.136. The fourth-order valence-electron chi connectivity index (χ4n) is 1.63. The van der Waals surface area contributed by atoms with E-state index in [4.69, 9.17) is 10.8 Å². The third-order valence-corrected chi connectivity index (χ3v) is 4.32. The zero-order valence-corrected chi connectivity index (χ0v) is 13.7. The second kappa shape index (κ2) is 7.61. The van der Waals surface area contributed by atoms with Crippen LogP contribution in [0.2, 0.25) is 0 Å². The van der Waals surface area contributed by atoms with Crippen molar-refractivity contribution in [1.29, 1.82) is 0 Å². The highest BCUT2D eigenvalue weighted by molar-refractivity contribution is 7.99. The van der Waals surface area contributed by atoms with Crippen molar-refractivity contribution in [3.05, 3.63) is 18.5 Å². The number of hydrogen-bond acceptors (Lipinski definition) is 5. The van der Waals surface area contributed by atoms with Crippen molar-refractivity contribution in [2.45, 2.75) is 45.2 Å². The molecule has 0 fully saturated rings. The van der Waals surface area contributed by atoms with Gasteiger partial charge in [-0.3, -0.25) is 4.79 Å². The van der Waals surface area contributed by atoms with E-state index < -0.39 is 12.0 Å². The molecule has 0 aliphatic carbocycles. The molecule has 21 heavy (non-hydrogen) atoms. The Balaban J connectivity index is 2.39. The summed E-state index contributed by atoms with van der Waals surface area (Å²) < 4.78 is 1.86. The molecular formula is C14H24N4O2S. The van der Waals surface area contributed by atoms with E-state index in [2.05, 4.69) is 30.7 Å². The fourth-order valence-corrected chi connectivity index (χ4v) is 2.90. The van der Waals surface area contributed by atoms with Gasteiger partial charge in [-0.15, -0.1) is 5.10 Å². The Morgan fingerprint density at radius 3 is 2.76 bits per heavy atom. The normalized spacial score (nSPS) is 13.1. The van der Waals surface area contributed by atoms with Gasteiger partial charge in [-0.1, -0.05) is 11.8 Å². The van der Waals surface area contributed by atoms with Gasteiger partial charge in [0.15, 0.2) is 0 Å². The lowest BCUT2D eigenvalue weighted by Crippen LogP contribution is -2.30. The molecule has 0 saturated carbocycles. The van der Waals surface area contributed by atoms with Gasteiger partial charge >= 0.3 is 5.97 Å². The van der Waals surface area contributed by atoms with Crippen LogP contribution in [0.3, 0.4) is 0 Å². The molecule has 0 bridgehead atoms. The van der Waals surface area contributed by atoms with E-state index in [9.17, 15) is 4.79 Å². The molecule has 1 unspecified atom stereocenters. The Morgan fingerprint density at radius 1 is 1.57 bits per heavy atom. The molecular weight excluding hydrogens is 288 g/mol. The highest BCUT2D eigenvalue weighted by atomic mass is 32.2. The third-order valence-electron chi connectivity index (χ3n) is 3.30. The minimum atomic E-state index is -0.939. The van der Waals surface area contributed by atoms with Gasteiger partial charge in [0.1, 0.15) is 11.7 Å². The Morgan fingerprint density at radius 2 is 2.24 bits per heavy atom. The SMILES string of the molecule is C=C(C)c1cn(C(C)(C)CCSCCC(N)C(=O)O)nn1. The highest BCUT2D eigenvalue weighted by Gasteiger charge is 2.22. The van der Waals surface area contributed by atoms with Gasteiger partial charge in [0.25, 0.3) is 0 Å². The largest absolute Gasteiger partial charge is 0.480 e. The van der Waals surface area contributed by atoms with Gasteiger partial charge in [-0.2, -0.15) is 11.8 Å². The molecule has 0 aromatic carbocycles. The second-order valence-electron chi connectivity index (χ2n) is 5.74. The van der Waals surface area contributed by atoms with E-state index in [0.717, 1.165) is 29.2 Å². The predicted molar refractivity (Wildman–Crippen MR) is 86.2 cm³/mol. The van der Waals surface area contributed by atoms with Gasteiger partial charge in [0, 0.05) is 0 Å². The number of rotatable bonds is 9. The maximum Gasteiger partial charge on any atom is 0.320 e. The lowest BCUT2D eigenvalue weighted by molar-refractivity contribution is -0.138. The molecule has 0 spiro atoms. The maximum atomic E-state index is 10.6. The van der Waals surface area contributed by atoms with Crippen molar-refractivity contribution < 1.29 is 9.90 Å². The fraction of sp³-hybridized carbons (Fsp3) is 0.643. The summed E-state index contributed by atoms with van der Waals surface area (Å²) in [5.74, 6) is 0.727. The lowest BCUT2D eigenvalue weighted by atomic mass is 10.0. The summed E-state index contributed by atoms with van der Waals surface area (Å²) >= 11 is 1.71. The minimum Gasteiger partial charge on any atom is -0.480 e. The van der Waals surface area contributed by atoms with Crippen LogP contribution in [0.4, 0.5) is 0 Å². The smallest absolute Gasteiger partial charge is 0.320 e. The summed E-state index contributed by atoms with van der Waals surface area (Å²) in [6.07, 6.45) is 3.32. The summed E-state index contributed by atoms with van der Waals surface area (Å²) in [6, 6.07) is -0.765. The number of hydrogen-bond donors (Lipinski definition) is 2. The average Bonchev–Trinajstić information content (AvgIpc) is 2.88. The quantitative estimate of drug-likeness (QED) is 0.677. The molecule has 1 heterocycles.